The molecule has 0 bridgehead atoms. The smallest absolute Gasteiger partial charge is 0.307 e. The normalized spacial score (nSPS) is 30.8. The lowest BCUT2D eigenvalue weighted by Crippen LogP contribution is -2.40. The topological polar surface area (TPSA) is 57.6 Å². The molecule has 0 radical (unpaired) electrons. The van der Waals surface area contributed by atoms with E-state index in [4.69, 9.17) is 0 Å². The average molecular weight is 293 g/mol. The minimum atomic E-state index is -0.853. The second-order valence-corrected chi connectivity index (χ2v) is 7.37. The first-order chi connectivity index (χ1) is 9.35. The van der Waals surface area contributed by atoms with Crippen molar-refractivity contribution in [2.24, 2.45) is 17.3 Å². The Morgan fingerprint density at radius 1 is 1.40 bits per heavy atom. The van der Waals surface area contributed by atoms with E-state index < -0.39 is 17.3 Å². The standard InChI is InChI=1S/C15H19NO3S/c1-8-9-5-7-20-10(9)4-6-16(8)13(17)11-12(14(18)19)15(11,2)3/h5,7-8,11-12H,4,6H2,1-3H3,(H,18,19). The molecule has 0 saturated heterocycles. The molecule has 4 nitrogen and oxygen atoms in total. The lowest BCUT2D eigenvalue weighted by molar-refractivity contribution is -0.142. The summed E-state index contributed by atoms with van der Waals surface area (Å²) < 4.78 is 0. The summed E-state index contributed by atoms with van der Waals surface area (Å²) in [5.41, 5.74) is 0.803. The Hall–Kier alpha value is -1.36. The van der Waals surface area contributed by atoms with Gasteiger partial charge in [0.25, 0.3) is 0 Å². The van der Waals surface area contributed by atoms with Gasteiger partial charge in [0.15, 0.2) is 0 Å². The summed E-state index contributed by atoms with van der Waals surface area (Å²) >= 11 is 1.74. The maximum atomic E-state index is 12.7. The highest BCUT2D eigenvalue weighted by molar-refractivity contribution is 7.10. The molecule has 5 heteroatoms. The van der Waals surface area contributed by atoms with Gasteiger partial charge in [0.05, 0.1) is 17.9 Å². The Kier molecular flexibility index (Phi) is 2.94. The van der Waals surface area contributed by atoms with Crippen molar-refractivity contribution in [1.29, 1.82) is 0 Å². The van der Waals surface area contributed by atoms with Gasteiger partial charge in [0, 0.05) is 11.4 Å². The molecule has 2 aliphatic rings. The van der Waals surface area contributed by atoms with Crippen LogP contribution in [0, 0.1) is 17.3 Å². The fourth-order valence-corrected chi connectivity index (χ4v) is 4.51. The van der Waals surface area contributed by atoms with E-state index in [0.717, 1.165) is 6.42 Å². The van der Waals surface area contributed by atoms with Crippen molar-refractivity contribution in [2.45, 2.75) is 33.2 Å². The molecule has 1 saturated carbocycles. The van der Waals surface area contributed by atoms with Gasteiger partial charge in [-0.15, -0.1) is 11.3 Å². The SMILES string of the molecule is CC1c2ccsc2CCN1C(=O)C1C(C(=O)O)C1(C)C. The third-order valence-corrected chi connectivity index (χ3v) is 5.92. The molecule has 0 spiro atoms. The Morgan fingerprint density at radius 2 is 2.10 bits per heavy atom. The van der Waals surface area contributed by atoms with E-state index in [0.29, 0.717) is 6.54 Å². The van der Waals surface area contributed by atoms with Gasteiger partial charge in [-0.05, 0) is 35.8 Å². The molecule has 1 aliphatic carbocycles. The van der Waals surface area contributed by atoms with Gasteiger partial charge >= 0.3 is 5.97 Å². The summed E-state index contributed by atoms with van der Waals surface area (Å²) in [6.07, 6.45) is 0.883. The largest absolute Gasteiger partial charge is 0.481 e. The van der Waals surface area contributed by atoms with Crippen LogP contribution in [0.3, 0.4) is 0 Å². The number of carbonyl (C=O) groups is 2. The molecule has 1 aromatic rings. The summed E-state index contributed by atoms with van der Waals surface area (Å²) in [4.78, 5) is 27.2. The highest BCUT2D eigenvalue weighted by atomic mass is 32.1. The highest BCUT2D eigenvalue weighted by Crippen LogP contribution is 2.59. The lowest BCUT2D eigenvalue weighted by atomic mass is 10.00. The minimum absolute atomic E-state index is 0.00625. The first kappa shape index (κ1) is 13.6. The summed E-state index contributed by atoms with van der Waals surface area (Å²) in [6, 6.07) is 2.14. The van der Waals surface area contributed by atoms with Crippen molar-refractivity contribution in [3.05, 3.63) is 21.9 Å². The van der Waals surface area contributed by atoms with Crippen LogP contribution in [0.1, 0.15) is 37.3 Å². The predicted octanol–water partition coefficient (Wildman–Crippen LogP) is 2.55. The maximum Gasteiger partial charge on any atom is 0.307 e. The van der Waals surface area contributed by atoms with Gasteiger partial charge < -0.3 is 10.0 Å². The van der Waals surface area contributed by atoms with Gasteiger partial charge in [-0.25, -0.2) is 0 Å². The van der Waals surface area contributed by atoms with Gasteiger partial charge in [-0.3, -0.25) is 9.59 Å². The minimum Gasteiger partial charge on any atom is -0.481 e. The van der Waals surface area contributed by atoms with Crippen molar-refractivity contribution in [2.75, 3.05) is 6.54 Å². The van der Waals surface area contributed by atoms with Crippen LogP contribution >= 0.6 is 11.3 Å². The fraction of sp³-hybridized carbons (Fsp3) is 0.600. The molecule has 3 unspecified atom stereocenters. The summed E-state index contributed by atoms with van der Waals surface area (Å²) in [7, 11) is 0. The van der Waals surface area contributed by atoms with E-state index in [-0.39, 0.29) is 17.9 Å². The van der Waals surface area contributed by atoms with Gasteiger partial charge in [-0.2, -0.15) is 0 Å². The number of hydrogen-bond donors (Lipinski definition) is 1. The van der Waals surface area contributed by atoms with Gasteiger partial charge in [0.2, 0.25) is 5.91 Å². The number of thiophene rings is 1. The predicted molar refractivity (Wildman–Crippen MR) is 76.5 cm³/mol. The third-order valence-electron chi connectivity index (χ3n) is 4.92. The Morgan fingerprint density at radius 3 is 2.70 bits per heavy atom. The molecule has 2 heterocycles. The van der Waals surface area contributed by atoms with E-state index in [1.807, 2.05) is 25.7 Å². The first-order valence-electron chi connectivity index (χ1n) is 6.95. The Labute approximate surface area is 122 Å². The molecule has 108 valence electrons. The summed E-state index contributed by atoms with van der Waals surface area (Å²) in [5.74, 6) is -1.75. The van der Waals surface area contributed by atoms with E-state index in [1.165, 1.54) is 10.4 Å². The molecule has 3 rings (SSSR count). The van der Waals surface area contributed by atoms with Crippen molar-refractivity contribution in [3.63, 3.8) is 0 Å². The average Bonchev–Trinajstić information content (AvgIpc) is 2.73. The number of carbonyl (C=O) groups excluding carboxylic acids is 1. The van der Waals surface area contributed by atoms with Crippen LogP contribution in [0.25, 0.3) is 0 Å². The van der Waals surface area contributed by atoms with Crippen LogP contribution in [-0.4, -0.2) is 28.4 Å². The van der Waals surface area contributed by atoms with E-state index in [1.54, 1.807) is 11.3 Å². The third kappa shape index (κ3) is 1.79. The highest BCUT2D eigenvalue weighted by Gasteiger charge is 2.66. The Balaban J connectivity index is 1.82. The Bertz CT molecular complexity index is 577. The van der Waals surface area contributed by atoms with Crippen molar-refractivity contribution >= 4 is 23.2 Å². The van der Waals surface area contributed by atoms with E-state index in [2.05, 4.69) is 11.4 Å². The van der Waals surface area contributed by atoms with Crippen LogP contribution < -0.4 is 0 Å². The van der Waals surface area contributed by atoms with Crippen molar-refractivity contribution < 1.29 is 14.7 Å². The molecule has 1 aromatic heterocycles. The van der Waals surface area contributed by atoms with Crippen LogP contribution in [0.5, 0.6) is 0 Å². The van der Waals surface area contributed by atoms with Crippen molar-refractivity contribution in [3.8, 4) is 0 Å². The number of amides is 1. The first-order valence-corrected chi connectivity index (χ1v) is 7.83. The van der Waals surface area contributed by atoms with Gasteiger partial charge in [-0.1, -0.05) is 13.8 Å². The monoisotopic (exact) mass is 293 g/mol. The number of nitrogens with zero attached hydrogens (tertiary/aromatic N) is 1. The molecular formula is C15H19NO3S. The number of aliphatic carboxylic acids is 1. The zero-order valence-corrected chi connectivity index (χ0v) is 12.7. The maximum absolute atomic E-state index is 12.7. The van der Waals surface area contributed by atoms with Crippen molar-refractivity contribution in [1.82, 2.24) is 4.90 Å². The quantitative estimate of drug-likeness (QED) is 0.911. The molecule has 20 heavy (non-hydrogen) atoms. The summed E-state index contributed by atoms with van der Waals surface area (Å²) in [5, 5.41) is 11.3. The molecular weight excluding hydrogens is 274 g/mol. The number of carboxylic acid groups (broad SMARTS) is 1. The van der Waals surface area contributed by atoms with E-state index >= 15 is 0 Å². The second kappa shape index (κ2) is 4.32. The molecule has 1 fully saturated rings. The van der Waals surface area contributed by atoms with Crippen LogP contribution in [0.15, 0.2) is 11.4 Å². The molecule has 1 amide bonds. The molecule has 3 atom stereocenters. The van der Waals surface area contributed by atoms with Crippen LogP contribution in [0.2, 0.25) is 0 Å². The number of hydrogen-bond acceptors (Lipinski definition) is 3. The zero-order chi connectivity index (χ0) is 14.7. The summed E-state index contributed by atoms with van der Waals surface area (Å²) in [6.45, 7) is 6.48. The molecule has 1 N–H and O–H groups in total. The lowest BCUT2D eigenvalue weighted by Gasteiger charge is -2.34. The number of rotatable bonds is 2. The van der Waals surface area contributed by atoms with E-state index in [9.17, 15) is 14.7 Å². The fourth-order valence-electron chi connectivity index (χ4n) is 3.55. The molecule has 0 aromatic carbocycles. The van der Waals surface area contributed by atoms with Crippen LogP contribution in [0.4, 0.5) is 0 Å². The number of carboxylic acids is 1. The zero-order valence-electron chi connectivity index (χ0n) is 11.9. The number of fused-ring (bicyclic) bond motifs is 1. The molecule has 1 aliphatic heterocycles. The second-order valence-electron chi connectivity index (χ2n) is 6.37. The van der Waals surface area contributed by atoms with Gasteiger partial charge in [0.1, 0.15) is 0 Å². The van der Waals surface area contributed by atoms with Crippen LogP contribution in [-0.2, 0) is 16.0 Å².